The number of aromatic nitrogens is 1. The predicted molar refractivity (Wildman–Crippen MR) is 70.5 cm³/mol. The lowest BCUT2D eigenvalue weighted by Gasteiger charge is -2.16. The predicted octanol–water partition coefficient (Wildman–Crippen LogP) is 2.90. The Labute approximate surface area is 112 Å². The average molecular weight is 265 g/mol. The van der Waals surface area contributed by atoms with Crippen LogP contribution >= 0.6 is 11.6 Å². The number of halogens is 1. The van der Waals surface area contributed by atoms with Gasteiger partial charge in [-0.2, -0.15) is 0 Å². The Balaban J connectivity index is 1.59. The van der Waals surface area contributed by atoms with Crippen molar-refractivity contribution in [3.05, 3.63) is 29.0 Å². The number of carbonyl (C=O) groups excluding carboxylic acids is 1. The highest BCUT2D eigenvalue weighted by Crippen LogP contribution is 2.48. The minimum Gasteiger partial charge on any atom is -0.352 e. The summed E-state index contributed by atoms with van der Waals surface area (Å²) in [6.45, 7) is 0.798. The lowest BCUT2D eigenvalue weighted by atomic mass is 9.98. The maximum absolute atomic E-state index is 12.0. The summed E-state index contributed by atoms with van der Waals surface area (Å²) in [4.78, 5) is 15.9. The smallest absolute Gasteiger partial charge is 0.252 e. The van der Waals surface area contributed by atoms with E-state index in [2.05, 4.69) is 10.3 Å². The fourth-order valence-electron chi connectivity index (χ4n) is 2.63. The molecule has 0 bridgehead atoms. The van der Waals surface area contributed by atoms with Crippen molar-refractivity contribution in [2.75, 3.05) is 6.54 Å². The van der Waals surface area contributed by atoms with Crippen LogP contribution < -0.4 is 5.32 Å². The van der Waals surface area contributed by atoms with Gasteiger partial charge in [-0.3, -0.25) is 9.78 Å². The first-order valence-corrected chi connectivity index (χ1v) is 7.01. The van der Waals surface area contributed by atoms with Crippen molar-refractivity contribution in [1.82, 2.24) is 10.3 Å². The summed E-state index contributed by atoms with van der Waals surface area (Å²) in [7, 11) is 0. The van der Waals surface area contributed by atoms with E-state index in [0.29, 0.717) is 16.5 Å². The van der Waals surface area contributed by atoms with Gasteiger partial charge in [0.1, 0.15) is 0 Å². The molecule has 2 fully saturated rings. The molecule has 0 radical (unpaired) electrons. The van der Waals surface area contributed by atoms with Gasteiger partial charge in [-0.25, -0.2) is 0 Å². The summed E-state index contributed by atoms with van der Waals surface area (Å²) in [5, 5.41) is 3.45. The van der Waals surface area contributed by atoms with Crippen molar-refractivity contribution in [3.63, 3.8) is 0 Å². The molecule has 2 aliphatic carbocycles. The average Bonchev–Trinajstić information content (AvgIpc) is 3.24. The number of nitrogens with one attached hydrogen (secondary N) is 1. The van der Waals surface area contributed by atoms with Crippen molar-refractivity contribution in [3.8, 4) is 0 Å². The molecule has 0 atom stereocenters. The molecule has 2 aliphatic rings. The molecule has 1 aromatic rings. The normalized spacial score (nSPS) is 19.0. The van der Waals surface area contributed by atoms with Crippen LogP contribution in [0.5, 0.6) is 0 Å². The van der Waals surface area contributed by atoms with Crippen LogP contribution in [0.15, 0.2) is 18.5 Å². The number of amides is 1. The van der Waals surface area contributed by atoms with Crippen LogP contribution in [0.25, 0.3) is 0 Å². The van der Waals surface area contributed by atoms with E-state index in [1.165, 1.54) is 31.9 Å². The first-order valence-electron chi connectivity index (χ1n) is 6.63. The SMILES string of the molecule is O=C(NCC(C1CC1)C1CC1)c1ccncc1Cl. The number of hydrogen-bond acceptors (Lipinski definition) is 2. The van der Waals surface area contributed by atoms with E-state index in [0.717, 1.165) is 18.4 Å². The van der Waals surface area contributed by atoms with Gasteiger partial charge >= 0.3 is 0 Å². The maximum atomic E-state index is 12.0. The highest BCUT2D eigenvalue weighted by Gasteiger charge is 2.41. The molecule has 0 aromatic carbocycles. The second kappa shape index (κ2) is 4.88. The minimum atomic E-state index is -0.0753. The van der Waals surface area contributed by atoms with Gasteiger partial charge in [0.25, 0.3) is 5.91 Å². The second-order valence-electron chi connectivity index (χ2n) is 5.40. The molecular formula is C14H17ClN2O. The Morgan fingerprint density at radius 2 is 2.06 bits per heavy atom. The van der Waals surface area contributed by atoms with E-state index in [1.54, 1.807) is 12.3 Å². The zero-order chi connectivity index (χ0) is 12.5. The van der Waals surface area contributed by atoms with Gasteiger partial charge in [0.05, 0.1) is 10.6 Å². The highest BCUT2D eigenvalue weighted by molar-refractivity contribution is 6.33. The number of nitrogens with zero attached hydrogens (tertiary/aromatic N) is 1. The van der Waals surface area contributed by atoms with Gasteiger partial charge in [0.15, 0.2) is 0 Å². The Kier molecular flexibility index (Phi) is 3.25. The zero-order valence-corrected chi connectivity index (χ0v) is 11.0. The van der Waals surface area contributed by atoms with Crippen molar-refractivity contribution >= 4 is 17.5 Å². The van der Waals surface area contributed by atoms with E-state index >= 15 is 0 Å². The van der Waals surface area contributed by atoms with Gasteiger partial charge in [0, 0.05) is 18.9 Å². The minimum absolute atomic E-state index is 0.0753. The summed E-state index contributed by atoms with van der Waals surface area (Å²) in [5.74, 6) is 2.32. The topological polar surface area (TPSA) is 42.0 Å². The first kappa shape index (κ1) is 12.0. The third-order valence-electron chi connectivity index (χ3n) is 3.97. The number of carbonyl (C=O) groups is 1. The van der Waals surface area contributed by atoms with E-state index in [4.69, 9.17) is 11.6 Å². The van der Waals surface area contributed by atoms with Gasteiger partial charge < -0.3 is 5.32 Å². The quantitative estimate of drug-likeness (QED) is 0.889. The maximum Gasteiger partial charge on any atom is 0.252 e. The summed E-state index contributed by atoms with van der Waals surface area (Å²) < 4.78 is 0. The summed E-state index contributed by atoms with van der Waals surface area (Å²) in [6.07, 6.45) is 8.47. The van der Waals surface area contributed by atoms with E-state index in [1.807, 2.05) is 0 Å². The fraction of sp³-hybridized carbons (Fsp3) is 0.571. The summed E-state index contributed by atoms with van der Waals surface area (Å²) in [6, 6.07) is 1.67. The molecule has 0 spiro atoms. The monoisotopic (exact) mass is 264 g/mol. The molecule has 3 rings (SSSR count). The molecular weight excluding hydrogens is 248 g/mol. The Hall–Kier alpha value is -1.09. The summed E-state index contributed by atoms with van der Waals surface area (Å²) >= 11 is 5.96. The van der Waals surface area contributed by atoms with Gasteiger partial charge in [-0.05, 0) is 49.5 Å². The third-order valence-corrected chi connectivity index (χ3v) is 4.27. The zero-order valence-electron chi connectivity index (χ0n) is 10.2. The van der Waals surface area contributed by atoms with Gasteiger partial charge in [-0.1, -0.05) is 11.6 Å². The Morgan fingerprint density at radius 1 is 1.39 bits per heavy atom. The van der Waals surface area contributed by atoms with Crippen LogP contribution in [0, 0.1) is 17.8 Å². The van der Waals surface area contributed by atoms with Crippen LogP contribution in [-0.2, 0) is 0 Å². The van der Waals surface area contributed by atoms with E-state index in [-0.39, 0.29) is 5.91 Å². The second-order valence-corrected chi connectivity index (χ2v) is 5.81. The van der Waals surface area contributed by atoms with Crippen LogP contribution in [0.3, 0.4) is 0 Å². The van der Waals surface area contributed by atoms with Crippen molar-refractivity contribution < 1.29 is 4.79 Å². The largest absolute Gasteiger partial charge is 0.352 e. The molecule has 2 saturated carbocycles. The van der Waals surface area contributed by atoms with Crippen molar-refractivity contribution in [2.45, 2.75) is 25.7 Å². The van der Waals surface area contributed by atoms with Crippen molar-refractivity contribution in [2.24, 2.45) is 17.8 Å². The Morgan fingerprint density at radius 3 is 2.61 bits per heavy atom. The standard InChI is InChI=1S/C14H17ClN2O/c15-13-8-16-6-5-11(13)14(18)17-7-12(9-1-2-9)10-3-4-10/h5-6,8-10,12H,1-4,7H2,(H,17,18). The molecule has 3 nitrogen and oxygen atoms in total. The molecule has 1 amide bonds. The molecule has 18 heavy (non-hydrogen) atoms. The number of rotatable bonds is 5. The number of pyridine rings is 1. The number of hydrogen-bond donors (Lipinski definition) is 1. The van der Waals surface area contributed by atoms with Crippen LogP contribution in [0.2, 0.25) is 5.02 Å². The van der Waals surface area contributed by atoms with Gasteiger partial charge in [-0.15, -0.1) is 0 Å². The molecule has 4 heteroatoms. The fourth-order valence-corrected chi connectivity index (χ4v) is 2.84. The third kappa shape index (κ3) is 2.66. The van der Waals surface area contributed by atoms with Crippen LogP contribution in [0.1, 0.15) is 36.0 Å². The molecule has 1 heterocycles. The van der Waals surface area contributed by atoms with E-state index in [9.17, 15) is 4.79 Å². The molecule has 0 saturated heterocycles. The highest BCUT2D eigenvalue weighted by atomic mass is 35.5. The lowest BCUT2D eigenvalue weighted by Crippen LogP contribution is -2.31. The summed E-state index contributed by atoms with van der Waals surface area (Å²) in [5.41, 5.74) is 0.525. The van der Waals surface area contributed by atoms with Crippen molar-refractivity contribution in [1.29, 1.82) is 0 Å². The molecule has 1 N–H and O–H groups in total. The lowest BCUT2D eigenvalue weighted by molar-refractivity contribution is 0.0943. The van der Waals surface area contributed by atoms with E-state index < -0.39 is 0 Å². The Bertz CT molecular complexity index is 443. The molecule has 0 aliphatic heterocycles. The first-order chi connectivity index (χ1) is 8.75. The van der Waals surface area contributed by atoms with Gasteiger partial charge in [0.2, 0.25) is 0 Å². The van der Waals surface area contributed by atoms with Crippen LogP contribution in [0.4, 0.5) is 0 Å². The molecule has 0 unspecified atom stereocenters. The van der Waals surface area contributed by atoms with Crippen LogP contribution in [-0.4, -0.2) is 17.4 Å². The molecule has 1 aromatic heterocycles. The molecule has 96 valence electrons.